The summed E-state index contributed by atoms with van der Waals surface area (Å²) in [5, 5.41) is 4.54. The van der Waals surface area contributed by atoms with Crippen LogP contribution in [0.2, 0.25) is 10.0 Å². The highest BCUT2D eigenvalue weighted by Gasteiger charge is 2.10. The van der Waals surface area contributed by atoms with Crippen LogP contribution in [0.25, 0.3) is 0 Å². The molecular formula is C12H16Cl2N2. The molecule has 1 atom stereocenters. The summed E-state index contributed by atoms with van der Waals surface area (Å²) in [5.41, 5.74) is 7.78. The van der Waals surface area contributed by atoms with Gasteiger partial charge in [-0.3, -0.25) is 0 Å². The predicted molar refractivity (Wildman–Crippen MR) is 71.1 cm³/mol. The Balaban J connectivity index is 2.81. The van der Waals surface area contributed by atoms with Gasteiger partial charge in [0, 0.05) is 29.2 Å². The lowest BCUT2D eigenvalue weighted by molar-refractivity contribution is 0.570. The first-order valence-corrected chi connectivity index (χ1v) is 5.82. The molecule has 0 aliphatic carbocycles. The third kappa shape index (κ3) is 4.14. The smallest absolute Gasteiger partial charge is 0.0448 e. The number of nitrogens with one attached hydrogen (secondary N) is 1. The van der Waals surface area contributed by atoms with Gasteiger partial charge in [0.15, 0.2) is 0 Å². The molecule has 88 valence electrons. The largest absolute Gasteiger partial charge is 0.329 e. The van der Waals surface area contributed by atoms with Crippen molar-refractivity contribution in [3.63, 3.8) is 0 Å². The summed E-state index contributed by atoms with van der Waals surface area (Å²) in [7, 11) is 0. The minimum Gasteiger partial charge on any atom is -0.329 e. The summed E-state index contributed by atoms with van der Waals surface area (Å²) < 4.78 is 0. The second-order valence-electron chi connectivity index (χ2n) is 3.83. The molecule has 0 saturated heterocycles. The van der Waals surface area contributed by atoms with E-state index in [2.05, 4.69) is 11.9 Å². The van der Waals surface area contributed by atoms with Crippen LogP contribution < -0.4 is 11.1 Å². The molecule has 3 N–H and O–H groups in total. The van der Waals surface area contributed by atoms with Gasteiger partial charge in [0.05, 0.1) is 0 Å². The zero-order chi connectivity index (χ0) is 12.1. The topological polar surface area (TPSA) is 38.0 Å². The molecule has 0 aromatic heterocycles. The number of hydrogen-bond donors (Lipinski definition) is 2. The number of nitrogens with two attached hydrogens (primary N) is 1. The normalized spacial score (nSPS) is 12.5. The van der Waals surface area contributed by atoms with E-state index < -0.39 is 0 Å². The van der Waals surface area contributed by atoms with Gasteiger partial charge in [-0.25, -0.2) is 0 Å². The molecule has 2 nitrogen and oxygen atoms in total. The lowest BCUT2D eigenvalue weighted by Crippen LogP contribution is -2.29. The first-order chi connectivity index (χ1) is 7.52. The Morgan fingerprint density at radius 2 is 1.94 bits per heavy atom. The van der Waals surface area contributed by atoms with Crippen LogP contribution in [0.3, 0.4) is 0 Å². The van der Waals surface area contributed by atoms with Crippen LogP contribution >= 0.6 is 23.2 Å². The van der Waals surface area contributed by atoms with E-state index in [1.165, 1.54) is 0 Å². The van der Waals surface area contributed by atoms with E-state index in [-0.39, 0.29) is 6.04 Å². The van der Waals surface area contributed by atoms with Gasteiger partial charge in [-0.2, -0.15) is 0 Å². The predicted octanol–water partition coefficient (Wildman–Crippen LogP) is 3.16. The Morgan fingerprint density at radius 1 is 1.38 bits per heavy atom. The Morgan fingerprint density at radius 3 is 2.38 bits per heavy atom. The zero-order valence-electron chi connectivity index (χ0n) is 9.26. The summed E-state index contributed by atoms with van der Waals surface area (Å²) >= 11 is 11.9. The van der Waals surface area contributed by atoms with E-state index in [0.29, 0.717) is 16.6 Å². The molecule has 0 aliphatic rings. The first kappa shape index (κ1) is 13.5. The average Bonchev–Trinajstić information content (AvgIpc) is 2.16. The third-order valence-corrected chi connectivity index (χ3v) is 2.61. The molecule has 0 radical (unpaired) electrons. The summed E-state index contributed by atoms with van der Waals surface area (Å²) in [6, 6.07) is 5.50. The molecule has 1 aromatic rings. The summed E-state index contributed by atoms with van der Waals surface area (Å²) in [6.07, 6.45) is 0. The molecule has 16 heavy (non-hydrogen) atoms. The van der Waals surface area contributed by atoms with Gasteiger partial charge in [0.2, 0.25) is 0 Å². The van der Waals surface area contributed by atoms with Gasteiger partial charge in [0.1, 0.15) is 0 Å². The average molecular weight is 259 g/mol. The van der Waals surface area contributed by atoms with Crippen LogP contribution in [0.4, 0.5) is 0 Å². The van der Waals surface area contributed by atoms with E-state index >= 15 is 0 Å². The summed E-state index contributed by atoms with van der Waals surface area (Å²) in [5.74, 6) is 0. The van der Waals surface area contributed by atoms with Gasteiger partial charge < -0.3 is 11.1 Å². The van der Waals surface area contributed by atoms with E-state index in [1.54, 1.807) is 6.07 Å². The molecule has 1 rings (SSSR count). The number of benzene rings is 1. The molecule has 1 aromatic carbocycles. The van der Waals surface area contributed by atoms with Crippen molar-refractivity contribution in [2.24, 2.45) is 5.73 Å². The van der Waals surface area contributed by atoms with Gasteiger partial charge in [-0.05, 0) is 30.7 Å². The zero-order valence-corrected chi connectivity index (χ0v) is 10.8. The maximum atomic E-state index is 5.94. The van der Waals surface area contributed by atoms with Crippen molar-refractivity contribution in [3.05, 3.63) is 46.0 Å². The molecule has 0 fully saturated rings. The van der Waals surface area contributed by atoms with Crippen molar-refractivity contribution in [1.29, 1.82) is 0 Å². The summed E-state index contributed by atoms with van der Waals surface area (Å²) in [6.45, 7) is 7.02. The molecule has 4 heteroatoms. The minimum absolute atomic E-state index is 0.0490. The Hall–Kier alpha value is -0.540. The van der Waals surface area contributed by atoms with Crippen LogP contribution in [0.5, 0.6) is 0 Å². The SMILES string of the molecule is C=C(C)CNC(CN)c1cc(Cl)cc(Cl)c1. The van der Waals surface area contributed by atoms with Crippen molar-refractivity contribution in [3.8, 4) is 0 Å². The molecule has 1 unspecified atom stereocenters. The third-order valence-electron chi connectivity index (χ3n) is 2.17. The Bertz CT molecular complexity index is 357. The molecule has 0 amide bonds. The molecular weight excluding hydrogens is 243 g/mol. The van der Waals surface area contributed by atoms with Crippen LogP contribution in [0.15, 0.2) is 30.4 Å². The van der Waals surface area contributed by atoms with Gasteiger partial charge >= 0.3 is 0 Å². The quantitative estimate of drug-likeness (QED) is 0.797. The standard InChI is InChI=1S/C12H16Cl2N2/c1-8(2)7-16-12(6-15)9-3-10(13)5-11(14)4-9/h3-5,12,16H,1,6-7,15H2,2H3. The van der Waals surface area contributed by atoms with Crippen LogP contribution in [0.1, 0.15) is 18.5 Å². The van der Waals surface area contributed by atoms with Gasteiger partial charge in [-0.1, -0.05) is 35.4 Å². The Labute approximate surface area is 106 Å². The fourth-order valence-electron chi connectivity index (χ4n) is 1.41. The van der Waals surface area contributed by atoms with Crippen LogP contribution in [-0.2, 0) is 0 Å². The van der Waals surface area contributed by atoms with Crippen molar-refractivity contribution in [2.75, 3.05) is 13.1 Å². The van der Waals surface area contributed by atoms with Gasteiger partial charge in [0.25, 0.3) is 0 Å². The highest BCUT2D eigenvalue weighted by Crippen LogP contribution is 2.23. The molecule has 0 aliphatic heterocycles. The highest BCUT2D eigenvalue weighted by atomic mass is 35.5. The highest BCUT2D eigenvalue weighted by molar-refractivity contribution is 6.34. The molecule has 0 heterocycles. The lowest BCUT2D eigenvalue weighted by Gasteiger charge is -2.18. The van der Waals surface area contributed by atoms with Crippen molar-refractivity contribution >= 4 is 23.2 Å². The van der Waals surface area contributed by atoms with E-state index in [1.807, 2.05) is 19.1 Å². The first-order valence-electron chi connectivity index (χ1n) is 5.06. The Kier molecular flexibility index (Phi) is 5.29. The second-order valence-corrected chi connectivity index (χ2v) is 4.70. The van der Waals surface area contributed by atoms with Crippen LogP contribution in [0, 0.1) is 0 Å². The molecule has 0 bridgehead atoms. The van der Waals surface area contributed by atoms with Crippen molar-refractivity contribution in [1.82, 2.24) is 5.32 Å². The lowest BCUT2D eigenvalue weighted by atomic mass is 10.1. The van der Waals surface area contributed by atoms with Gasteiger partial charge in [-0.15, -0.1) is 0 Å². The minimum atomic E-state index is 0.0490. The maximum absolute atomic E-state index is 5.94. The van der Waals surface area contributed by atoms with E-state index in [4.69, 9.17) is 28.9 Å². The van der Waals surface area contributed by atoms with Crippen molar-refractivity contribution in [2.45, 2.75) is 13.0 Å². The monoisotopic (exact) mass is 258 g/mol. The second kappa shape index (κ2) is 6.26. The summed E-state index contributed by atoms with van der Waals surface area (Å²) in [4.78, 5) is 0. The maximum Gasteiger partial charge on any atom is 0.0448 e. The fourth-order valence-corrected chi connectivity index (χ4v) is 1.95. The molecule has 0 spiro atoms. The molecule has 0 saturated carbocycles. The number of rotatable bonds is 5. The van der Waals surface area contributed by atoms with Crippen LogP contribution in [-0.4, -0.2) is 13.1 Å². The number of hydrogen-bond acceptors (Lipinski definition) is 2. The number of halogens is 2. The van der Waals surface area contributed by atoms with Crippen molar-refractivity contribution < 1.29 is 0 Å². The van der Waals surface area contributed by atoms with E-state index in [0.717, 1.165) is 17.7 Å². The fraction of sp³-hybridized carbons (Fsp3) is 0.333. The van der Waals surface area contributed by atoms with E-state index in [9.17, 15) is 0 Å².